The summed E-state index contributed by atoms with van der Waals surface area (Å²) in [5.41, 5.74) is 2.91. The predicted molar refractivity (Wildman–Crippen MR) is 104 cm³/mol. The van der Waals surface area contributed by atoms with E-state index in [1.165, 1.54) is 0 Å². The van der Waals surface area contributed by atoms with E-state index in [-0.39, 0.29) is 13.0 Å². The normalized spacial score (nSPS) is 13.3. The number of unbranched alkanes of at least 4 members (excludes halogenated alkanes) is 1. The Morgan fingerprint density at radius 3 is 2.25 bits per heavy atom. The number of esters is 1. The Hall–Kier alpha value is -2.32. The van der Waals surface area contributed by atoms with Gasteiger partial charge in [0.1, 0.15) is 12.2 Å². The van der Waals surface area contributed by atoms with E-state index >= 15 is 0 Å². The Morgan fingerprint density at radius 2 is 1.75 bits per heavy atom. The molecule has 9 heteroatoms. The number of rotatable bonds is 9. The maximum absolute atomic E-state index is 12.6. The van der Waals surface area contributed by atoms with Crippen LogP contribution in [0, 0.1) is 0 Å². The van der Waals surface area contributed by atoms with Crippen LogP contribution in [-0.4, -0.2) is 40.8 Å². The van der Waals surface area contributed by atoms with Gasteiger partial charge in [0.15, 0.2) is 0 Å². The lowest BCUT2D eigenvalue weighted by atomic mass is 9.92. The molecule has 1 aromatic rings. The highest BCUT2D eigenvalue weighted by Crippen LogP contribution is 2.22. The van der Waals surface area contributed by atoms with Crippen molar-refractivity contribution < 1.29 is 29.0 Å². The molecule has 0 aliphatic carbocycles. The van der Waals surface area contributed by atoms with Crippen LogP contribution >= 0.6 is 11.6 Å². The molecule has 1 aromatic carbocycles. The summed E-state index contributed by atoms with van der Waals surface area (Å²) in [5.74, 6) is -2.59. The molecule has 0 aliphatic heterocycles. The Labute approximate surface area is 169 Å². The van der Waals surface area contributed by atoms with E-state index in [2.05, 4.69) is 5.32 Å². The third kappa shape index (κ3) is 7.36. The van der Waals surface area contributed by atoms with Gasteiger partial charge >= 0.3 is 18.0 Å². The van der Waals surface area contributed by atoms with Crippen molar-refractivity contribution in [1.29, 1.82) is 0 Å². The quantitative estimate of drug-likeness (QED) is 0.322. The number of amides is 1. The molecule has 1 rings (SSSR count). The molecule has 0 aromatic heterocycles. The standard InChI is InChI=1S/C19H27ClN2O6/c1-18(2,3)28-16(25)19(15(23)24,10-4-5-11-21)22-17(26)27-12-13-6-8-14(20)9-7-13/h6-9H,4-5,10-12,21H2,1-3H3,(H,22,26)(H,23,24)/t19-/m0/s1. The zero-order chi connectivity index (χ0) is 21.4. The highest BCUT2D eigenvalue weighted by Gasteiger charge is 2.50. The molecule has 0 aliphatic rings. The van der Waals surface area contributed by atoms with E-state index in [1.54, 1.807) is 45.0 Å². The molecule has 0 heterocycles. The van der Waals surface area contributed by atoms with Crippen molar-refractivity contribution in [1.82, 2.24) is 5.32 Å². The molecule has 4 N–H and O–H groups in total. The van der Waals surface area contributed by atoms with Crippen molar-refractivity contribution in [3.8, 4) is 0 Å². The van der Waals surface area contributed by atoms with Crippen LogP contribution in [0.4, 0.5) is 4.79 Å². The third-order valence-corrected chi connectivity index (χ3v) is 3.97. The number of benzene rings is 1. The summed E-state index contributed by atoms with van der Waals surface area (Å²) in [6.07, 6.45) is -0.431. The fourth-order valence-corrected chi connectivity index (χ4v) is 2.43. The number of carbonyl (C=O) groups excluding carboxylic acids is 2. The van der Waals surface area contributed by atoms with Crippen LogP contribution < -0.4 is 11.1 Å². The number of alkyl carbamates (subject to hydrolysis) is 1. The lowest BCUT2D eigenvalue weighted by Crippen LogP contribution is -2.61. The van der Waals surface area contributed by atoms with Gasteiger partial charge in [-0.1, -0.05) is 23.7 Å². The summed E-state index contributed by atoms with van der Waals surface area (Å²) in [6, 6.07) is 6.59. The second kappa shape index (κ2) is 10.3. The van der Waals surface area contributed by atoms with Crippen molar-refractivity contribution in [2.45, 2.75) is 57.8 Å². The van der Waals surface area contributed by atoms with E-state index < -0.39 is 29.2 Å². The first-order chi connectivity index (χ1) is 13.0. The molecule has 8 nitrogen and oxygen atoms in total. The number of ether oxygens (including phenoxy) is 2. The first-order valence-corrected chi connectivity index (χ1v) is 9.24. The maximum Gasteiger partial charge on any atom is 0.408 e. The van der Waals surface area contributed by atoms with Crippen molar-refractivity contribution >= 4 is 29.6 Å². The van der Waals surface area contributed by atoms with E-state index in [9.17, 15) is 19.5 Å². The van der Waals surface area contributed by atoms with Crippen LogP contribution in [-0.2, 0) is 25.7 Å². The minimum atomic E-state index is -2.26. The van der Waals surface area contributed by atoms with E-state index in [0.717, 1.165) is 0 Å². The Morgan fingerprint density at radius 1 is 1.14 bits per heavy atom. The first-order valence-electron chi connectivity index (χ1n) is 8.86. The number of halogens is 1. The summed E-state index contributed by atoms with van der Waals surface area (Å²) in [7, 11) is 0. The number of carboxylic acids is 1. The molecule has 156 valence electrons. The minimum absolute atomic E-state index is 0.115. The van der Waals surface area contributed by atoms with Gasteiger partial charge in [0.05, 0.1) is 0 Å². The second-order valence-corrected chi connectivity index (χ2v) is 7.72. The molecule has 1 atom stereocenters. The summed E-state index contributed by atoms with van der Waals surface area (Å²) in [5, 5.41) is 12.5. The van der Waals surface area contributed by atoms with Gasteiger partial charge in [-0.05, 0) is 64.3 Å². The van der Waals surface area contributed by atoms with Gasteiger partial charge in [0, 0.05) is 5.02 Å². The molecule has 0 radical (unpaired) electrons. The van der Waals surface area contributed by atoms with Gasteiger partial charge in [0.2, 0.25) is 5.54 Å². The first kappa shape index (κ1) is 23.7. The van der Waals surface area contributed by atoms with Gasteiger partial charge in [-0.2, -0.15) is 0 Å². The Kier molecular flexibility index (Phi) is 8.71. The van der Waals surface area contributed by atoms with Crippen LogP contribution in [0.15, 0.2) is 24.3 Å². The highest BCUT2D eigenvalue weighted by atomic mass is 35.5. The average Bonchev–Trinajstić information content (AvgIpc) is 2.58. The van der Waals surface area contributed by atoms with Gasteiger partial charge in [-0.15, -0.1) is 0 Å². The van der Waals surface area contributed by atoms with Crippen molar-refractivity contribution in [2.75, 3.05) is 6.54 Å². The number of carboxylic acid groups (broad SMARTS) is 1. The molecule has 1 amide bonds. The highest BCUT2D eigenvalue weighted by molar-refractivity contribution is 6.30. The predicted octanol–water partition coefficient (Wildman–Crippen LogP) is 2.86. The van der Waals surface area contributed by atoms with Crippen LogP contribution in [0.2, 0.25) is 5.02 Å². The van der Waals surface area contributed by atoms with E-state index in [1.807, 2.05) is 0 Å². The average molecular weight is 415 g/mol. The van der Waals surface area contributed by atoms with Crippen LogP contribution in [0.25, 0.3) is 0 Å². The van der Waals surface area contributed by atoms with Crippen molar-refractivity contribution in [2.24, 2.45) is 5.73 Å². The zero-order valence-corrected chi connectivity index (χ0v) is 17.0. The van der Waals surface area contributed by atoms with Crippen molar-refractivity contribution in [3.05, 3.63) is 34.9 Å². The third-order valence-electron chi connectivity index (χ3n) is 3.72. The summed E-state index contributed by atoms with van der Waals surface area (Å²) in [4.78, 5) is 36.9. The monoisotopic (exact) mass is 414 g/mol. The SMILES string of the molecule is CC(C)(C)OC(=O)[C@@](CCCCN)(NC(=O)OCc1ccc(Cl)cc1)C(=O)O. The van der Waals surface area contributed by atoms with E-state index in [4.69, 9.17) is 26.8 Å². The topological polar surface area (TPSA) is 128 Å². The summed E-state index contributed by atoms with van der Waals surface area (Å²) >= 11 is 5.80. The maximum atomic E-state index is 12.6. The smallest absolute Gasteiger partial charge is 0.408 e. The fraction of sp³-hybridized carbons (Fsp3) is 0.526. The van der Waals surface area contributed by atoms with Gasteiger partial charge < -0.3 is 20.3 Å². The number of nitrogens with two attached hydrogens (primary N) is 1. The minimum Gasteiger partial charge on any atom is -0.479 e. The molecule has 0 bridgehead atoms. The number of nitrogens with one attached hydrogen (secondary N) is 1. The molecule has 0 saturated carbocycles. The van der Waals surface area contributed by atoms with Gasteiger partial charge in [-0.3, -0.25) is 5.32 Å². The van der Waals surface area contributed by atoms with Crippen molar-refractivity contribution in [3.63, 3.8) is 0 Å². The molecular weight excluding hydrogens is 388 g/mol. The number of hydrogen-bond acceptors (Lipinski definition) is 6. The molecule has 28 heavy (non-hydrogen) atoms. The van der Waals surface area contributed by atoms with Crippen LogP contribution in [0.5, 0.6) is 0 Å². The number of hydrogen-bond donors (Lipinski definition) is 3. The molecule has 0 saturated heterocycles. The molecule has 0 unspecified atom stereocenters. The summed E-state index contributed by atoms with van der Waals surface area (Å²) in [6.45, 7) is 5.03. The van der Waals surface area contributed by atoms with E-state index in [0.29, 0.717) is 30.0 Å². The lowest BCUT2D eigenvalue weighted by molar-refractivity contribution is -0.171. The largest absolute Gasteiger partial charge is 0.479 e. The second-order valence-electron chi connectivity index (χ2n) is 7.29. The van der Waals surface area contributed by atoms with Gasteiger partial charge in [0.25, 0.3) is 0 Å². The Bertz CT molecular complexity index is 687. The number of aliphatic carboxylic acids is 1. The zero-order valence-electron chi connectivity index (χ0n) is 16.3. The lowest BCUT2D eigenvalue weighted by Gasteiger charge is -2.31. The Balaban J connectivity index is 2.94. The molecule has 0 spiro atoms. The fourth-order valence-electron chi connectivity index (χ4n) is 2.30. The molecule has 0 fully saturated rings. The number of carbonyl (C=O) groups is 3. The van der Waals surface area contributed by atoms with Crippen LogP contribution in [0.1, 0.15) is 45.6 Å². The van der Waals surface area contributed by atoms with Crippen LogP contribution in [0.3, 0.4) is 0 Å². The molecular formula is C19H27ClN2O6. The summed E-state index contributed by atoms with van der Waals surface area (Å²) < 4.78 is 10.3. The van der Waals surface area contributed by atoms with Gasteiger partial charge in [-0.25, -0.2) is 14.4 Å².